The van der Waals surface area contributed by atoms with Crippen LogP contribution in [-0.2, 0) is 13.6 Å². The third kappa shape index (κ3) is 3.69. The molecule has 1 atom stereocenters. The predicted octanol–water partition coefficient (Wildman–Crippen LogP) is 3.84. The average Bonchev–Trinajstić information content (AvgIpc) is 3.53. The van der Waals surface area contributed by atoms with E-state index in [0.717, 1.165) is 23.6 Å². The number of carbonyl (C=O) groups excluding carboxylic acids is 1. The van der Waals surface area contributed by atoms with Crippen molar-refractivity contribution < 1.29 is 14.6 Å². The molecule has 0 radical (unpaired) electrons. The van der Waals surface area contributed by atoms with E-state index in [9.17, 15) is 9.90 Å². The highest BCUT2D eigenvalue weighted by Crippen LogP contribution is 2.37. The first-order valence-electron chi connectivity index (χ1n) is 12.1. The van der Waals surface area contributed by atoms with E-state index in [1.165, 1.54) is 23.7 Å². The first-order chi connectivity index (χ1) is 16.9. The molecule has 4 aromatic rings. The number of benzene rings is 2. The Balaban J connectivity index is 1.46. The number of piperidine rings is 1. The largest absolute Gasteiger partial charge is 0.494 e. The maximum absolute atomic E-state index is 13.3. The van der Waals surface area contributed by atoms with Gasteiger partial charge in [0.15, 0.2) is 5.82 Å². The summed E-state index contributed by atoms with van der Waals surface area (Å²) in [5.41, 5.74) is 4.44. The Morgan fingerprint density at radius 2 is 2.00 bits per heavy atom. The SMILES string of the molecule is COc1cc(C(=O)N2CC[C@H](O)C(=N)C2)cc2nc(-c3cc4ccccc4n3CC3CC3)n(C)c12. The van der Waals surface area contributed by atoms with Crippen LogP contribution in [0.25, 0.3) is 33.5 Å². The van der Waals surface area contributed by atoms with Gasteiger partial charge in [0.25, 0.3) is 5.91 Å². The number of para-hydroxylation sites is 1. The molecule has 6 rings (SSSR count). The summed E-state index contributed by atoms with van der Waals surface area (Å²) in [7, 11) is 3.59. The van der Waals surface area contributed by atoms with Gasteiger partial charge in [0, 0.05) is 36.6 Å². The number of methoxy groups -OCH3 is 1. The number of aromatic nitrogens is 3. The molecule has 8 nitrogen and oxygen atoms in total. The van der Waals surface area contributed by atoms with Gasteiger partial charge in [-0.1, -0.05) is 18.2 Å². The van der Waals surface area contributed by atoms with Crippen LogP contribution in [0.5, 0.6) is 5.75 Å². The lowest BCUT2D eigenvalue weighted by Crippen LogP contribution is -2.46. The van der Waals surface area contributed by atoms with Crippen molar-refractivity contribution in [1.29, 1.82) is 5.41 Å². The fourth-order valence-corrected chi connectivity index (χ4v) is 5.17. The average molecular weight is 472 g/mol. The monoisotopic (exact) mass is 471 g/mol. The summed E-state index contributed by atoms with van der Waals surface area (Å²) in [6.45, 7) is 1.52. The van der Waals surface area contributed by atoms with Crippen LogP contribution in [0.3, 0.4) is 0 Å². The molecule has 0 spiro atoms. The molecule has 1 aliphatic carbocycles. The van der Waals surface area contributed by atoms with Crippen LogP contribution in [0, 0.1) is 11.3 Å². The van der Waals surface area contributed by atoms with E-state index >= 15 is 0 Å². The first-order valence-corrected chi connectivity index (χ1v) is 12.1. The number of fused-ring (bicyclic) bond motifs is 2. The van der Waals surface area contributed by atoms with Crippen molar-refractivity contribution >= 4 is 33.6 Å². The number of carbonyl (C=O) groups is 1. The van der Waals surface area contributed by atoms with Gasteiger partial charge < -0.3 is 29.3 Å². The zero-order valence-corrected chi connectivity index (χ0v) is 20.0. The van der Waals surface area contributed by atoms with Crippen LogP contribution in [0.1, 0.15) is 29.6 Å². The minimum Gasteiger partial charge on any atom is -0.494 e. The molecule has 0 unspecified atom stereocenters. The Morgan fingerprint density at radius 1 is 1.20 bits per heavy atom. The summed E-state index contributed by atoms with van der Waals surface area (Å²) in [6.07, 6.45) is 2.14. The summed E-state index contributed by atoms with van der Waals surface area (Å²) in [5, 5.41) is 19.0. The van der Waals surface area contributed by atoms with E-state index < -0.39 is 6.10 Å². The zero-order chi connectivity index (χ0) is 24.3. The Morgan fingerprint density at radius 3 is 2.74 bits per heavy atom. The number of likely N-dealkylation sites (tertiary alicyclic amines) is 1. The number of aliphatic hydroxyl groups excluding tert-OH is 1. The quantitative estimate of drug-likeness (QED) is 0.462. The minimum absolute atomic E-state index is 0.134. The van der Waals surface area contributed by atoms with Crippen LogP contribution in [-0.4, -0.2) is 62.0 Å². The van der Waals surface area contributed by atoms with Crippen molar-refractivity contribution in [2.45, 2.75) is 31.9 Å². The van der Waals surface area contributed by atoms with Crippen LogP contribution in [0.15, 0.2) is 42.5 Å². The summed E-state index contributed by atoms with van der Waals surface area (Å²) >= 11 is 0. The van der Waals surface area contributed by atoms with Gasteiger partial charge in [0.05, 0.1) is 36.7 Å². The summed E-state index contributed by atoms with van der Waals surface area (Å²) in [4.78, 5) is 19.9. The van der Waals surface area contributed by atoms with Crippen LogP contribution in [0.2, 0.25) is 0 Å². The number of nitrogens with zero attached hydrogens (tertiary/aromatic N) is 4. The van der Waals surface area contributed by atoms with Crippen molar-refractivity contribution in [3.05, 3.63) is 48.0 Å². The number of aliphatic hydroxyl groups is 1. The zero-order valence-electron chi connectivity index (χ0n) is 20.0. The van der Waals surface area contributed by atoms with E-state index in [2.05, 4.69) is 34.9 Å². The number of aryl methyl sites for hydroxylation is 1. The normalized spacial score (nSPS) is 18.5. The number of ether oxygens (including phenoxy) is 1. The fourth-order valence-electron chi connectivity index (χ4n) is 5.17. The molecule has 1 saturated carbocycles. The second kappa shape index (κ2) is 8.23. The summed E-state index contributed by atoms with van der Waals surface area (Å²) in [5.74, 6) is 1.95. The highest BCUT2D eigenvalue weighted by molar-refractivity contribution is 6.02. The number of amides is 1. The predicted molar refractivity (Wildman–Crippen MR) is 135 cm³/mol. The minimum atomic E-state index is -0.767. The lowest BCUT2D eigenvalue weighted by Gasteiger charge is -2.30. The maximum Gasteiger partial charge on any atom is 0.254 e. The van der Waals surface area contributed by atoms with Gasteiger partial charge in [0.2, 0.25) is 0 Å². The third-order valence-electron chi connectivity index (χ3n) is 7.30. The maximum atomic E-state index is 13.3. The van der Waals surface area contributed by atoms with Crippen molar-refractivity contribution in [3.63, 3.8) is 0 Å². The topological polar surface area (TPSA) is 96.4 Å². The smallest absolute Gasteiger partial charge is 0.254 e. The van der Waals surface area contributed by atoms with E-state index in [0.29, 0.717) is 35.7 Å². The van der Waals surface area contributed by atoms with Crippen molar-refractivity contribution in [2.24, 2.45) is 13.0 Å². The molecule has 1 aliphatic heterocycles. The van der Waals surface area contributed by atoms with E-state index in [1.54, 1.807) is 18.1 Å². The highest BCUT2D eigenvalue weighted by atomic mass is 16.5. The van der Waals surface area contributed by atoms with Gasteiger partial charge in [-0.05, 0) is 49.4 Å². The molecular formula is C27H29N5O3. The Kier molecular flexibility index (Phi) is 5.14. The van der Waals surface area contributed by atoms with Crippen molar-refractivity contribution in [2.75, 3.05) is 20.2 Å². The highest BCUT2D eigenvalue weighted by Gasteiger charge is 2.29. The molecule has 2 aromatic carbocycles. The molecule has 0 bridgehead atoms. The number of hydrogen-bond donors (Lipinski definition) is 2. The number of rotatable bonds is 5. The van der Waals surface area contributed by atoms with Gasteiger partial charge in [-0.15, -0.1) is 0 Å². The fraction of sp³-hybridized carbons (Fsp3) is 0.370. The van der Waals surface area contributed by atoms with E-state index in [-0.39, 0.29) is 18.2 Å². The van der Waals surface area contributed by atoms with Crippen LogP contribution < -0.4 is 4.74 Å². The van der Waals surface area contributed by atoms with Gasteiger partial charge in [-0.3, -0.25) is 4.79 Å². The van der Waals surface area contributed by atoms with Gasteiger partial charge >= 0.3 is 0 Å². The van der Waals surface area contributed by atoms with Crippen LogP contribution in [0.4, 0.5) is 0 Å². The van der Waals surface area contributed by atoms with Gasteiger partial charge in [-0.25, -0.2) is 4.98 Å². The molecule has 2 aromatic heterocycles. The Hall–Kier alpha value is -3.65. The second-order valence-corrected chi connectivity index (χ2v) is 9.74. The molecule has 2 aliphatic rings. The number of imidazole rings is 1. The summed E-state index contributed by atoms with van der Waals surface area (Å²) in [6, 6.07) is 14.2. The molecule has 3 heterocycles. The molecule has 8 heteroatoms. The molecule has 2 fully saturated rings. The number of nitrogens with one attached hydrogen (secondary N) is 1. The Bertz CT molecular complexity index is 1480. The second-order valence-electron chi connectivity index (χ2n) is 9.74. The number of hydrogen-bond acceptors (Lipinski definition) is 5. The molecule has 2 N–H and O–H groups in total. The van der Waals surface area contributed by atoms with Crippen molar-refractivity contribution in [3.8, 4) is 17.3 Å². The molecule has 1 amide bonds. The molecule has 180 valence electrons. The van der Waals surface area contributed by atoms with Gasteiger partial charge in [-0.2, -0.15) is 0 Å². The van der Waals surface area contributed by atoms with E-state index in [1.807, 2.05) is 17.7 Å². The van der Waals surface area contributed by atoms with E-state index in [4.69, 9.17) is 15.1 Å². The molecule has 35 heavy (non-hydrogen) atoms. The van der Waals surface area contributed by atoms with Gasteiger partial charge in [0.1, 0.15) is 11.3 Å². The standard InChI is InChI=1S/C27H29N5O3/c1-30-25-20(11-18(13-24(25)35-2)27(34)31-10-9-23(33)19(28)15-31)29-26(30)22-12-17-5-3-4-6-21(17)32(22)14-16-7-8-16/h3-6,11-13,16,23,28,33H,7-10,14-15H2,1-2H3/t23-/m0/s1. The lowest BCUT2D eigenvalue weighted by atomic mass is 10.0. The first kappa shape index (κ1) is 21.9. The van der Waals surface area contributed by atoms with Crippen LogP contribution >= 0.6 is 0 Å². The lowest BCUT2D eigenvalue weighted by molar-refractivity contribution is 0.0729. The summed E-state index contributed by atoms with van der Waals surface area (Å²) < 4.78 is 10.1. The molecular weight excluding hydrogens is 442 g/mol. The Labute approximate surface area is 203 Å². The van der Waals surface area contributed by atoms with Crippen molar-refractivity contribution in [1.82, 2.24) is 19.0 Å². The third-order valence-corrected chi connectivity index (χ3v) is 7.30. The molecule has 1 saturated heterocycles.